The minimum Gasteiger partial charge on any atom is -0.490 e. The molecule has 2 heterocycles. The van der Waals surface area contributed by atoms with E-state index < -0.39 is 29.1 Å². The SMILES string of the molecule is C[C@@H](N1CCC(Oc2ccc(Cl)c(F)c2)CC1)[C@](O)(Cn1cncn1)c1ccc(F)cc1F. The quantitative estimate of drug-likeness (QED) is 0.550. The van der Waals surface area contributed by atoms with E-state index in [4.69, 9.17) is 16.3 Å². The average molecular weight is 481 g/mol. The molecule has 3 aromatic rings. The molecular weight excluding hydrogens is 457 g/mol. The molecule has 2 atom stereocenters. The molecule has 4 rings (SSSR count). The number of likely N-dealkylation sites (tertiary alicyclic amines) is 1. The van der Waals surface area contributed by atoms with Gasteiger partial charge in [-0.2, -0.15) is 5.10 Å². The molecular formula is C23H24ClF3N4O2. The highest BCUT2D eigenvalue weighted by molar-refractivity contribution is 6.30. The third kappa shape index (κ3) is 5.15. The van der Waals surface area contributed by atoms with Crippen molar-refractivity contribution in [3.63, 3.8) is 0 Å². The number of piperidine rings is 1. The number of nitrogens with zero attached hydrogens (tertiary/aromatic N) is 4. The van der Waals surface area contributed by atoms with Crippen molar-refractivity contribution in [1.29, 1.82) is 0 Å². The first kappa shape index (κ1) is 23.5. The monoisotopic (exact) mass is 480 g/mol. The van der Waals surface area contributed by atoms with Gasteiger partial charge >= 0.3 is 0 Å². The zero-order valence-electron chi connectivity index (χ0n) is 18.0. The molecule has 6 nitrogen and oxygen atoms in total. The molecule has 1 saturated heterocycles. The molecule has 0 unspecified atom stereocenters. The van der Waals surface area contributed by atoms with Crippen molar-refractivity contribution in [3.05, 3.63) is 77.1 Å². The van der Waals surface area contributed by atoms with Gasteiger partial charge in [-0.3, -0.25) is 4.90 Å². The number of aliphatic hydroxyl groups is 1. The highest BCUT2D eigenvalue weighted by atomic mass is 35.5. The molecule has 1 aliphatic rings. The van der Waals surface area contributed by atoms with E-state index in [9.17, 15) is 18.3 Å². The van der Waals surface area contributed by atoms with Crippen molar-refractivity contribution in [3.8, 4) is 5.75 Å². The fraction of sp³-hybridized carbons (Fsp3) is 0.391. The van der Waals surface area contributed by atoms with Gasteiger partial charge in [0.05, 0.1) is 11.6 Å². The average Bonchev–Trinajstić information content (AvgIpc) is 3.29. The van der Waals surface area contributed by atoms with Gasteiger partial charge in [-0.05, 0) is 38.0 Å². The van der Waals surface area contributed by atoms with Crippen LogP contribution in [0.2, 0.25) is 5.02 Å². The van der Waals surface area contributed by atoms with E-state index in [1.54, 1.807) is 13.0 Å². The normalized spacial score (nSPS) is 18.1. The Hall–Kier alpha value is -2.62. The first-order valence-electron chi connectivity index (χ1n) is 10.6. The third-order valence-corrected chi connectivity index (χ3v) is 6.48. The van der Waals surface area contributed by atoms with Crippen LogP contribution in [0.15, 0.2) is 49.1 Å². The Labute approximate surface area is 194 Å². The van der Waals surface area contributed by atoms with Crippen LogP contribution in [-0.2, 0) is 12.1 Å². The highest BCUT2D eigenvalue weighted by Crippen LogP contribution is 2.34. The van der Waals surface area contributed by atoms with Gasteiger partial charge in [-0.1, -0.05) is 17.7 Å². The maximum atomic E-state index is 14.7. The molecule has 0 radical (unpaired) electrons. The van der Waals surface area contributed by atoms with E-state index in [2.05, 4.69) is 10.1 Å². The van der Waals surface area contributed by atoms with E-state index in [1.807, 2.05) is 4.90 Å². The van der Waals surface area contributed by atoms with Crippen molar-refractivity contribution in [2.45, 2.75) is 44.1 Å². The number of rotatable bonds is 7. The Balaban J connectivity index is 1.49. The van der Waals surface area contributed by atoms with Gasteiger partial charge in [0.1, 0.15) is 47.6 Å². The topological polar surface area (TPSA) is 63.4 Å². The van der Waals surface area contributed by atoms with Crippen LogP contribution in [0.3, 0.4) is 0 Å². The van der Waals surface area contributed by atoms with Crippen molar-refractivity contribution in [1.82, 2.24) is 19.7 Å². The van der Waals surface area contributed by atoms with Gasteiger partial charge in [-0.25, -0.2) is 22.8 Å². The molecule has 1 N–H and O–H groups in total. The lowest BCUT2D eigenvalue weighted by Crippen LogP contribution is -2.54. The summed E-state index contributed by atoms with van der Waals surface area (Å²) >= 11 is 5.72. The Morgan fingerprint density at radius 3 is 2.55 bits per heavy atom. The lowest BCUT2D eigenvalue weighted by molar-refractivity contribution is -0.0747. The molecule has 176 valence electrons. The smallest absolute Gasteiger partial charge is 0.145 e. The lowest BCUT2D eigenvalue weighted by Gasteiger charge is -2.44. The van der Waals surface area contributed by atoms with Crippen LogP contribution in [0.1, 0.15) is 25.3 Å². The standard InChI is InChI=1S/C23H24ClF3N4O2/c1-15(30-8-6-17(7-9-30)33-18-3-5-20(24)22(27)11-18)23(32,12-31-14-28-13-29-31)19-4-2-16(25)10-21(19)26/h2-5,10-11,13-15,17,32H,6-9,12H2,1H3/t15-,23-/m1/s1. The number of aromatic nitrogens is 3. The summed E-state index contributed by atoms with van der Waals surface area (Å²) in [5.41, 5.74) is -1.71. The summed E-state index contributed by atoms with van der Waals surface area (Å²) in [6, 6.07) is 6.95. The predicted molar refractivity (Wildman–Crippen MR) is 116 cm³/mol. The van der Waals surface area contributed by atoms with E-state index in [-0.39, 0.29) is 23.2 Å². The van der Waals surface area contributed by atoms with Crippen molar-refractivity contribution >= 4 is 11.6 Å². The Morgan fingerprint density at radius 2 is 1.91 bits per heavy atom. The van der Waals surface area contributed by atoms with Crippen LogP contribution in [0.5, 0.6) is 5.75 Å². The van der Waals surface area contributed by atoms with Gasteiger partial charge in [0.2, 0.25) is 0 Å². The molecule has 2 aromatic carbocycles. The van der Waals surface area contributed by atoms with Crippen LogP contribution >= 0.6 is 11.6 Å². The Kier molecular flexibility index (Phi) is 6.92. The number of hydrogen-bond donors (Lipinski definition) is 1. The maximum absolute atomic E-state index is 14.7. The molecule has 33 heavy (non-hydrogen) atoms. The molecule has 0 bridgehead atoms. The summed E-state index contributed by atoms with van der Waals surface area (Å²) < 4.78 is 49.3. The summed E-state index contributed by atoms with van der Waals surface area (Å²) in [4.78, 5) is 5.92. The maximum Gasteiger partial charge on any atom is 0.145 e. The van der Waals surface area contributed by atoms with E-state index in [0.717, 1.165) is 12.1 Å². The number of benzene rings is 2. The van der Waals surface area contributed by atoms with Gasteiger partial charge in [0.25, 0.3) is 0 Å². The van der Waals surface area contributed by atoms with E-state index in [1.165, 1.54) is 35.5 Å². The Bertz CT molecular complexity index is 1090. The second kappa shape index (κ2) is 9.70. The fourth-order valence-corrected chi connectivity index (χ4v) is 4.39. The van der Waals surface area contributed by atoms with Crippen LogP contribution < -0.4 is 4.74 Å². The van der Waals surface area contributed by atoms with Gasteiger partial charge in [-0.15, -0.1) is 0 Å². The first-order valence-corrected chi connectivity index (χ1v) is 11.0. The van der Waals surface area contributed by atoms with Crippen LogP contribution in [-0.4, -0.2) is 50.0 Å². The van der Waals surface area contributed by atoms with Crippen LogP contribution in [0, 0.1) is 17.5 Å². The molecule has 0 spiro atoms. The number of ether oxygens (including phenoxy) is 1. The van der Waals surface area contributed by atoms with E-state index >= 15 is 0 Å². The third-order valence-electron chi connectivity index (χ3n) is 6.18. The molecule has 10 heteroatoms. The zero-order valence-corrected chi connectivity index (χ0v) is 18.7. The van der Waals surface area contributed by atoms with Crippen molar-refractivity contribution in [2.75, 3.05) is 13.1 Å². The van der Waals surface area contributed by atoms with E-state index in [0.29, 0.717) is 31.7 Å². The summed E-state index contributed by atoms with van der Waals surface area (Å²) in [7, 11) is 0. The summed E-state index contributed by atoms with van der Waals surface area (Å²) in [6.07, 6.45) is 3.87. The van der Waals surface area contributed by atoms with Crippen LogP contribution in [0.4, 0.5) is 13.2 Å². The summed E-state index contributed by atoms with van der Waals surface area (Å²) in [5, 5.41) is 15.8. The van der Waals surface area contributed by atoms with Gasteiger partial charge in [0.15, 0.2) is 0 Å². The second-order valence-corrected chi connectivity index (χ2v) is 8.65. The van der Waals surface area contributed by atoms with Gasteiger partial charge in [0, 0.05) is 36.8 Å². The molecule has 0 aliphatic carbocycles. The summed E-state index contributed by atoms with van der Waals surface area (Å²) in [6.45, 7) is 2.86. The molecule has 1 aliphatic heterocycles. The Morgan fingerprint density at radius 1 is 1.15 bits per heavy atom. The largest absolute Gasteiger partial charge is 0.490 e. The van der Waals surface area contributed by atoms with Gasteiger partial charge < -0.3 is 9.84 Å². The highest BCUT2D eigenvalue weighted by Gasteiger charge is 2.43. The molecule has 0 saturated carbocycles. The summed E-state index contributed by atoms with van der Waals surface area (Å²) in [5.74, 6) is -1.68. The fourth-order valence-electron chi connectivity index (χ4n) is 4.27. The minimum absolute atomic E-state index is 0.0121. The molecule has 0 amide bonds. The predicted octanol–water partition coefficient (Wildman–Crippen LogP) is 4.17. The minimum atomic E-state index is -1.70. The lowest BCUT2D eigenvalue weighted by atomic mass is 9.84. The second-order valence-electron chi connectivity index (χ2n) is 8.25. The first-order chi connectivity index (χ1) is 15.8. The van der Waals surface area contributed by atoms with Crippen molar-refractivity contribution < 1.29 is 23.0 Å². The molecule has 1 aromatic heterocycles. The van der Waals surface area contributed by atoms with Crippen molar-refractivity contribution in [2.24, 2.45) is 0 Å². The number of halogens is 4. The molecule has 1 fully saturated rings. The number of hydrogen-bond acceptors (Lipinski definition) is 5. The van der Waals surface area contributed by atoms with Crippen LogP contribution in [0.25, 0.3) is 0 Å². The zero-order chi connectivity index (χ0) is 23.6.